The lowest BCUT2D eigenvalue weighted by molar-refractivity contribution is -0.192. The molecule has 1 aromatic heterocycles. The van der Waals surface area contributed by atoms with Crippen LogP contribution in [0.15, 0.2) is 12.3 Å². The van der Waals surface area contributed by atoms with Crippen molar-refractivity contribution >= 4 is 5.97 Å². The van der Waals surface area contributed by atoms with Gasteiger partial charge in [-0.15, -0.1) is 0 Å². The van der Waals surface area contributed by atoms with E-state index in [4.69, 9.17) is 9.90 Å². The monoisotopic (exact) mass is 223 g/mol. The molecule has 0 unspecified atom stereocenters. The van der Waals surface area contributed by atoms with E-state index in [9.17, 15) is 13.2 Å². The van der Waals surface area contributed by atoms with Gasteiger partial charge in [0, 0.05) is 11.9 Å². The van der Waals surface area contributed by atoms with Crippen LogP contribution in [0.2, 0.25) is 0 Å². The highest BCUT2D eigenvalue weighted by Crippen LogP contribution is 2.13. The zero-order valence-corrected chi connectivity index (χ0v) is 8.35. The molecule has 1 aromatic rings. The van der Waals surface area contributed by atoms with Crippen molar-refractivity contribution in [3.63, 3.8) is 0 Å². The first-order valence-electron chi connectivity index (χ1n) is 4.22. The van der Waals surface area contributed by atoms with E-state index in [2.05, 4.69) is 24.9 Å². The standard InChI is InChI=1S/C7H11N.C2HF3O2/c1-3-7-4-5-8-6(7)2;3-2(4,5)1(6)7/h4-5,8H,3H2,1-2H3;(H,6,7). The number of H-pyrrole nitrogens is 1. The SMILES string of the molecule is CCc1cc[nH]c1C.O=C(O)C(F)(F)F. The van der Waals surface area contributed by atoms with Crippen LogP contribution in [0.3, 0.4) is 0 Å². The topological polar surface area (TPSA) is 53.1 Å². The summed E-state index contributed by atoms with van der Waals surface area (Å²) in [4.78, 5) is 12.0. The van der Waals surface area contributed by atoms with Crippen LogP contribution < -0.4 is 0 Å². The molecule has 0 saturated carbocycles. The molecule has 0 fully saturated rings. The van der Waals surface area contributed by atoms with E-state index in [-0.39, 0.29) is 0 Å². The van der Waals surface area contributed by atoms with Gasteiger partial charge in [0.05, 0.1) is 0 Å². The third kappa shape index (κ3) is 5.09. The average Bonchev–Trinajstić information content (AvgIpc) is 2.50. The Kier molecular flexibility index (Phi) is 4.90. The summed E-state index contributed by atoms with van der Waals surface area (Å²) in [5.74, 6) is -2.76. The van der Waals surface area contributed by atoms with Crippen molar-refractivity contribution in [3.05, 3.63) is 23.5 Å². The van der Waals surface area contributed by atoms with Crippen molar-refractivity contribution in [2.24, 2.45) is 0 Å². The van der Waals surface area contributed by atoms with Gasteiger partial charge >= 0.3 is 12.1 Å². The largest absolute Gasteiger partial charge is 0.490 e. The van der Waals surface area contributed by atoms with E-state index in [0.29, 0.717) is 0 Å². The van der Waals surface area contributed by atoms with Crippen LogP contribution in [-0.4, -0.2) is 22.2 Å². The molecule has 0 spiro atoms. The number of aryl methyl sites for hydroxylation is 2. The summed E-state index contributed by atoms with van der Waals surface area (Å²) in [6, 6.07) is 2.12. The van der Waals surface area contributed by atoms with Gasteiger partial charge in [0.1, 0.15) is 0 Å². The molecule has 86 valence electrons. The maximum absolute atomic E-state index is 10.6. The zero-order valence-electron chi connectivity index (χ0n) is 8.35. The average molecular weight is 223 g/mol. The highest BCUT2D eigenvalue weighted by atomic mass is 19.4. The number of carboxylic acids is 1. The van der Waals surface area contributed by atoms with Crippen LogP contribution in [0, 0.1) is 6.92 Å². The summed E-state index contributed by atoms with van der Waals surface area (Å²) in [5.41, 5.74) is 2.72. The molecule has 1 rings (SSSR count). The maximum Gasteiger partial charge on any atom is 0.490 e. The summed E-state index contributed by atoms with van der Waals surface area (Å²) in [5, 5.41) is 7.12. The maximum atomic E-state index is 10.6. The Morgan fingerprint density at radius 1 is 1.53 bits per heavy atom. The van der Waals surface area contributed by atoms with Crippen LogP contribution in [-0.2, 0) is 11.2 Å². The lowest BCUT2D eigenvalue weighted by Gasteiger charge is -1.93. The molecule has 1 heterocycles. The van der Waals surface area contributed by atoms with Gasteiger partial charge in [-0.05, 0) is 25.0 Å². The van der Waals surface area contributed by atoms with Crippen molar-refractivity contribution in [1.82, 2.24) is 4.98 Å². The minimum atomic E-state index is -5.08. The third-order valence-electron chi connectivity index (χ3n) is 1.69. The van der Waals surface area contributed by atoms with Gasteiger partial charge in [-0.2, -0.15) is 13.2 Å². The normalized spacial score (nSPS) is 10.5. The van der Waals surface area contributed by atoms with Crippen LogP contribution in [0.25, 0.3) is 0 Å². The number of aromatic amines is 1. The summed E-state index contributed by atoms with van der Waals surface area (Å²) >= 11 is 0. The smallest absolute Gasteiger partial charge is 0.475 e. The second-order valence-corrected chi connectivity index (χ2v) is 2.78. The predicted molar refractivity (Wildman–Crippen MR) is 48.6 cm³/mol. The Balaban J connectivity index is 0.000000265. The van der Waals surface area contributed by atoms with Crippen molar-refractivity contribution < 1.29 is 23.1 Å². The summed E-state index contributed by atoms with van der Waals surface area (Å²) < 4.78 is 31.7. The number of alkyl halides is 3. The third-order valence-corrected chi connectivity index (χ3v) is 1.69. The highest BCUT2D eigenvalue weighted by molar-refractivity contribution is 5.73. The molecule has 0 saturated heterocycles. The Hall–Kier alpha value is -1.46. The second-order valence-electron chi connectivity index (χ2n) is 2.78. The van der Waals surface area contributed by atoms with Crippen molar-refractivity contribution in [2.75, 3.05) is 0 Å². The minimum Gasteiger partial charge on any atom is -0.475 e. The molecule has 3 nitrogen and oxygen atoms in total. The Labute approximate surface area is 84.9 Å². The molecule has 0 amide bonds. The van der Waals surface area contributed by atoms with E-state index in [1.807, 2.05) is 6.20 Å². The number of aromatic nitrogens is 1. The van der Waals surface area contributed by atoms with Crippen LogP contribution in [0.5, 0.6) is 0 Å². The molecule has 15 heavy (non-hydrogen) atoms. The first-order valence-corrected chi connectivity index (χ1v) is 4.22. The van der Waals surface area contributed by atoms with Crippen LogP contribution in [0.4, 0.5) is 13.2 Å². The van der Waals surface area contributed by atoms with E-state index in [1.54, 1.807) is 0 Å². The number of aliphatic carboxylic acids is 1. The number of hydrogen-bond donors (Lipinski definition) is 2. The molecule has 0 aliphatic carbocycles. The molecule has 0 aromatic carbocycles. The molecule has 6 heteroatoms. The fraction of sp³-hybridized carbons (Fsp3) is 0.444. The van der Waals surface area contributed by atoms with Crippen molar-refractivity contribution in [2.45, 2.75) is 26.4 Å². The summed E-state index contributed by atoms with van der Waals surface area (Å²) in [6.07, 6.45) is -1.97. The van der Waals surface area contributed by atoms with Crippen LogP contribution in [0.1, 0.15) is 18.2 Å². The van der Waals surface area contributed by atoms with E-state index < -0.39 is 12.1 Å². The molecule has 0 atom stereocenters. The molecular formula is C9H12F3NO2. The van der Waals surface area contributed by atoms with Crippen molar-refractivity contribution in [1.29, 1.82) is 0 Å². The number of nitrogens with one attached hydrogen (secondary N) is 1. The van der Waals surface area contributed by atoms with Crippen molar-refractivity contribution in [3.8, 4) is 0 Å². The molecule has 2 N–H and O–H groups in total. The number of halogens is 3. The Bertz CT molecular complexity index is 317. The lowest BCUT2D eigenvalue weighted by Crippen LogP contribution is -2.21. The van der Waals surface area contributed by atoms with Gasteiger partial charge in [-0.25, -0.2) is 4.79 Å². The lowest BCUT2D eigenvalue weighted by atomic mass is 10.2. The van der Waals surface area contributed by atoms with Gasteiger partial charge < -0.3 is 10.1 Å². The number of hydrogen-bond acceptors (Lipinski definition) is 1. The van der Waals surface area contributed by atoms with Crippen LogP contribution >= 0.6 is 0 Å². The zero-order chi connectivity index (χ0) is 12.1. The van der Waals surface area contributed by atoms with Gasteiger partial charge in [0.15, 0.2) is 0 Å². The Morgan fingerprint density at radius 2 is 2.00 bits per heavy atom. The number of rotatable bonds is 1. The van der Waals surface area contributed by atoms with Gasteiger partial charge in [-0.3, -0.25) is 0 Å². The van der Waals surface area contributed by atoms with E-state index in [1.165, 1.54) is 11.3 Å². The number of carboxylic acid groups (broad SMARTS) is 1. The first-order chi connectivity index (χ1) is 6.79. The fourth-order valence-corrected chi connectivity index (χ4v) is 0.868. The molecule has 0 bridgehead atoms. The minimum absolute atomic E-state index is 1.13. The quantitative estimate of drug-likeness (QED) is 0.768. The number of carbonyl (C=O) groups is 1. The van der Waals surface area contributed by atoms with Gasteiger partial charge in [-0.1, -0.05) is 6.92 Å². The molecular weight excluding hydrogens is 211 g/mol. The second kappa shape index (κ2) is 5.43. The molecule has 0 aliphatic heterocycles. The van der Waals surface area contributed by atoms with Gasteiger partial charge in [0.25, 0.3) is 0 Å². The highest BCUT2D eigenvalue weighted by Gasteiger charge is 2.38. The van der Waals surface area contributed by atoms with E-state index in [0.717, 1.165) is 6.42 Å². The molecule has 0 aliphatic rings. The molecule has 0 radical (unpaired) electrons. The fourth-order valence-electron chi connectivity index (χ4n) is 0.868. The van der Waals surface area contributed by atoms with E-state index >= 15 is 0 Å². The summed E-state index contributed by atoms with van der Waals surface area (Å²) in [7, 11) is 0. The Morgan fingerprint density at radius 3 is 2.13 bits per heavy atom. The predicted octanol–water partition coefficient (Wildman–Crippen LogP) is 2.52. The van der Waals surface area contributed by atoms with Gasteiger partial charge in [0.2, 0.25) is 0 Å². The summed E-state index contributed by atoms with van der Waals surface area (Å²) in [6.45, 7) is 4.26. The first kappa shape index (κ1) is 13.5.